The van der Waals surface area contributed by atoms with E-state index in [0.717, 1.165) is 0 Å². The minimum atomic E-state index is -0.937. The van der Waals surface area contributed by atoms with Gasteiger partial charge in [0.15, 0.2) is 6.61 Å². The Hall–Kier alpha value is -2.57. The largest absolute Gasteiger partial charge is 0.484 e. The van der Waals surface area contributed by atoms with Gasteiger partial charge in [-0.3, -0.25) is 25.2 Å². The van der Waals surface area contributed by atoms with Crippen LogP contribution in [0.1, 0.15) is 39.2 Å². The van der Waals surface area contributed by atoms with Gasteiger partial charge in [0.25, 0.3) is 5.91 Å². The molecule has 3 N–H and O–H groups in total. The van der Waals surface area contributed by atoms with Gasteiger partial charge in [-0.1, -0.05) is 26.0 Å². The number of amides is 3. The standard InChI is InChI=1S/C16H23N3O4/c1-10(2)12-5-7-13(8-6-12)23-9-14(20)18-19-16(22)15(21)17-11(3)4/h5-8,10-11H,9H2,1-4H3,(H,17,21)(H,18,20)(H,19,22). The average Bonchev–Trinajstić information content (AvgIpc) is 2.50. The molecule has 0 spiro atoms. The van der Waals surface area contributed by atoms with Crippen molar-refractivity contribution in [2.24, 2.45) is 0 Å². The highest BCUT2D eigenvalue weighted by atomic mass is 16.5. The van der Waals surface area contributed by atoms with Gasteiger partial charge in [-0.25, -0.2) is 0 Å². The fraction of sp³-hybridized carbons (Fsp3) is 0.438. The molecule has 7 nitrogen and oxygen atoms in total. The predicted molar refractivity (Wildman–Crippen MR) is 85.6 cm³/mol. The molecule has 0 aliphatic carbocycles. The van der Waals surface area contributed by atoms with Crippen LogP contribution in [0.5, 0.6) is 5.75 Å². The Bertz CT molecular complexity index is 553. The molecule has 0 unspecified atom stereocenters. The molecule has 0 bridgehead atoms. The summed E-state index contributed by atoms with van der Waals surface area (Å²) in [7, 11) is 0. The number of hydrogen-bond donors (Lipinski definition) is 3. The highest BCUT2D eigenvalue weighted by molar-refractivity contribution is 6.35. The molecule has 23 heavy (non-hydrogen) atoms. The van der Waals surface area contributed by atoms with Crippen LogP contribution in [0.4, 0.5) is 0 Å². The average molecular weight is 321 g/mol. The number of hydrogen-bond acceptors (Lipinski definition) is 4. The van der Waals surface area contributed by atoms with Crippen molar-refractivity contribution in [3.05, 3.63) is 29.8 Å². The summed E-state index contributed by atoms with van der Waals surface area (Å²) in [5.74, 6) is -1.35. The SMILES string of the molecule is CC(C)NC(=O)C(=O)NNC(=O)COc1ccc(C(C)C)cc1. The van der Waals surface area contributed by atoms with Crippen molar-refractivity contribution in [1.29, 1.82) is 0 Å². The van der Waals surface area contributed by atoms with Crippen LogP contribution in [0.25, 0.3) is 0 Å². The molecule has 1 aromatic rings. The van der Waals surface area contributed by atoms with Gasteiger partial charge in [-0.15, -0.1) is 0 Å². The summed E-state index contributed by atoms with van der Waals surface area (Å²) in [5.41, 5.74) is 5.30. The summed E-state index contributed by atoms with van der Waals surface area (Å²) >= 11 is 0. The molecule has 126 valence electrons. The highest BCUT2D eigenvalue weighted by Gasteiger charge is 2.15. The summed E-state index contributed by atoms with van der Waals surface area (Å²) in [6, 6.07) is 7.24. The predicted octanol–water partition coefficient (Wildman–Crippen LogP) is 0.861. The quantitative estimate of drug-likeness (QED) is 0.553. The van der Waals surface area contributed by atoms with Gasteiger partial charge in [-0.05, 0) is 37.5 Å². The molecule has 0 radical (unpaired) electrons. The third-order valence-corrected chi connectivity index (χ3v) is 2.86. The van der Waals surface area contributed by atoms with E-state index in [-0.39, 0.29) is 12.6 Å². The van der Waals surface area contributed by atoms with Gasteiger partial charge >= 0.3 is 11.8 Å². The van der Waals surface area contributed by atoms with Gasteiger partial charge in [0.2, 0.25) is 0 Å². The Morgan fingerprint density at radius 1 is 0.957 bits per heavy atom. The number of nitrogens with one attached hydrogen (secondary N) is 3. The Morgan fingerprint density at radius 3 is 2.09 bits per heavy atom. The molecule has 1 rings (SSSR count). The third-order valence-electron chi connectivity index (χ3n) is 2.86. The zero-order chi connectivity index (χ0) is 17.4. The molecule has 0 atom stereocenters. The van der Waals surface area contributed by atoms with Gasteiger partial charge in [0.05, 0.1) is 0 Å². The molecule has 7 heteroatoms. The van der Waals surface area contributed by atoms with Crippen molar-refractivity contribution in [3.8, 4) is 5.75 Å². The number of ether oxygens (including phenoxy) is 1. The summed E-state index contributed by atoms with van der Waals surface area (Å²) in [6.45, 7) is 7.35. The molecule has 0 fully saturated rings. The fourth-order valence-corrected chi connectivity index (χ4v) is 1.64. The normalized spacial score (nSPS) is 10.3. The first kappa shape index (κ1) is 18.5. The van der Waals surface area contributed by atoms with E-state index in [1.54, 1.807) is 26.0 Å². The van der Waals surface area contributed by atoms with Crippen LogP contribution in [0.15, 0.2) is 24.3 Å². The number of carbonyl (C=O) groups excluding carboxylic acids is 3. The summed E-state index contributed by atoms with van der Waals surface area (Å²) in [6.07, 6.45) is 0. The molecular formula is C16H23N3O4. The minimum absolute atomic E-state index is 0.166. The first-order chi connectivity index (χ1) is 10.8. The van der Waals surface area contributed by atoms with Crippen molar-refractivity contribution in [1.82, 2.24) is 16.2 Å². The first-order valence-corrected chi connectivity index (χ1v) is 7.42. The van der Waals surface area contributed by atoms with E-state index in [2.05, 4.69) is 24.6 Å². The summed E-state index contributed by atoms with van der Waals surface area (Å²) < 4.78 is 5.30. The Morgan fingerprint density at radius 2 is 1.57 bits per heavy atom. The first-order valence-electron chi connectivity index (χ1n) is 7.42. The maximum absolute atomic E-state index is 11.6. The molecule has 0 aliphatic heterocycles. The van der Waals surface area contributed by atoms with E-state index in [4.69, 9.17) is 4.74 Å². The smallest absolute Gasteiger partial charge is 0.327 e. The van der Waals surface area contributed by atoms with Crippen LogP contribution in [0.3, 0.4) is 0 Å². The molecule has 0 saturated carbocycles. The second-order valence-electron chi connectivity index (χ2n) is 5.64. The monoisotopic (exact) mass is 321 g/mol. The Kier molecular flexibility index (Phi) is 7.05. The molecule has 0 saturated heterocycles. The van der Waals surface area contributed by atoms with Crippen LogP contribution in [0.2, 0.25) is 0 Å². The Balaban J connectivity index is 2.34. The number of benzene rings is 1. The van der Waals surface area contributed by atoms with Crippen molar-refractivity contribution in [2.75, 3.05) is 6.61 Å². The molecule has 3 amide bonds. The molecule has 1 aromatic carbocycles. The Labute approximate surface area is 135 Å². The van der Waals surface area contributed by atoms with Crippen LogP contribution in [0, 0.1) is 0 Å². The van der Waals surface area contributed by atoms with Crippen molar-refractivity contribution in [3.63, 3.8) is 0 Å². The number of carbonyl (C=O) groups is 3. The van der Waals surface area contributed by atoms with E-state index in [9.17, 15) is 14.4 Å². The van der Waals surface area contributed by atoms with Crippen LogP contribution < -0.4 is 20.9 Å². The maximum Gasteiger partial charge on any atom is 0.327 e. The lowest BCUT2D eigenvalue weighted by molar-refractivity contribution is -0.141. The second kappa shape index (κ2) is 8.77. The van der Waals surface area contributed by atoms with Crippen molar-refractivity contribution in [2.45, 2.75) is 39.7 Å². The minimum Gasteiger partial charge on any atom is -0.484 e. The number of hydrazine groups is 1. The van der Waals surface area contributed by atoms with Crippen molar-refractivity contribution < 1.29 is 19.1 Å². The van der Waals surface area contributed by atoms with Crippen LogP contribution in [-0.2, 0) is 14.4 Å². The topological polar surface area (TPSA) is 96.5 Å². The second-order valence-corrected chi connectivity index (χ2v) is 5.64. The zero-order valence-corrected chi connectivity index (χ0v) is 13.8. The van der Waals surface area contributed by atoms with Gasteiger partial charge in [0.1, 0.15) is 5.75 Å². The highest BCUT2D eigenvalue weighted by Crippen LogP contribution is 2.18. The van der Waals surface area contributed by atoms with Gasteiger partial charge < -0.3 is 10.1 Å². The van der Waals surface area contributed by atoms with Crippen LogP contribution >= 0.6 is 0 Å². The summed E-state index contributed by atoms with van der Waals surface area (Å²) in [5, 5.41) is 2.40. The van der Waals surface area contributed by atoms with Gasteiger partial charge in [-0.2, -0.15) is 0 Å². The van der Waals surface area contributed by atoms with E-state index in [0.29, 0.717) is 11.7 Å². The van der Waals surface area contributed by atoms with E-state index in [1.165, 1.54) is 5.56 Å². The summed E-state index contributed by atoms with van der Waals surface area (Å²) in [4.78, 5) is 34.3. The zero-order valence-electron chi connectivity index (χ0n) is 13.8. The molecule has 0 aromatic heterocycles. The molecular weight excluding hydrogens is 298 g/mol. The van der Waals surface area contributed by atoms with E-state index >= 15 is 0 Å². The molecule has 0 heterocycles. The maximum atomic E-state index is 11.6. The number of rotatable bonds is 5. The van der Waals surface area contributed by atoms with Gasteiger partial charge in [0, 0.05) is 6.04 Å². The third kappa shape index (κ3) is 6.82. The molecule has 0 aliphatic rings. The van der Waals surface area contributed by atoms with E-state index in [1.807, 2.05) is 17.6 Å². The van der Waals surface area contributed by atoms with Crippen molar-refractivity contribution >= 4 is 17.7 Å². The lowest BCUT2D eigenvalue weighted by Gasteiger charge is -2.11. The van der Waals surface area contributed by atoms with Crippen LogP contribution in [-0.4, -0.2) is 30.4 Å². The lowest BCUT2D eigenvalue weighted by atomic mass is 10.0. The lowest BCUT2D eigenvalue weighted by Crippen LogP contribution is -2.50. The van der Waals surface area contributed by atoms with E-state index < -0.39 is 17.7 Å². The fourth-order valence-electron chi connectivity index (χ4n) is 1.64.